The third-order valence-electron chi connectivity index (χ3n) is 2.34. The Morgan fingerprint density at radius 3 is 2.62 bits per heavy atom. The molecule has 7 heteroatoms. The van der Waals surface area contributed by atoms with E-state index in [-0.39, 0.29) is 10.8 Å². The highest BCUT2D eigenvalue weighted by atomic mass is 79.9. The molecule has 0 fully saturated rings. The van der Waals surface area contributed by atoms with Crippen LogP contribution in [0, 0.1) is 0 Å². The predicted octanol–water partition coefficient (Wildman–Crippen LogP) is 1.95. The molecule has 0 saturated heterocycles. The van der Waals surface area contributed by atoms with Crippen molar-refractivity contribution in [3.63, 3.8) is 0 Å². The summed E-state index contributed by atoms with van der Waals surface area (Å²) in [6.07, 6.45) is 0.520. The Morgan fingerprint density at radius 2 is 2.25 bits per heavy atom. The summed E-state index contributed by atoms with van der Waals surface area (Å²) < 4.78 is 27.3. The smallest absolute Gasteiger partial charge is 0.251 e. The van der Waals surface area contributed by atoms with Crippen molar-refractivity contribution in [1.82, 2.24) is 4.72 Å². The molecule has 0 saturated carbocycles. The molecule has 16 heavy (non-hydrogen) atoms. The maximum atomic E-state index is 12.0. The summed E-state index contributed by atoms with van der Waals surface area (Å²) in [5.74, 6) is 0. The van der Waals surface area contributed by atoms with Crippen LogP contribution in [0.5, 0.6) is 0 Å². The van der Waals surface area contributed by atoms with Crippen molar-refractivity contribution in [2.75, 3.05) is 6.61 Å². The van der Waals surface area contributed by atoms with Crippen LogP contribution < -0.4 is 4.72 Å². The number of aliphatic hydroxyl groups is 1. The zero-order valence-corrected chi connectivity index (χ0v) is 12.2. The van der Waals surface area contributed by atoms with E-state index in [1.165, 1.54) is 0 Å². The second kappa shape index (κ2) is 5.14. The van der Waals surface area contributed by atoms with E-state index >= 15 is 0 Å². The highest BCUT2D eigenvalue weighted by Crippen LogP contribution is 2.28. The second-order valence-corrected chi connectivity index (χ2v) is 7.38. The van der Waals surface area contributed by atoms with Crippen LogP contribution in [0.4, 0.5) is 0 Å². The Labute approximate surface area is 108 Å². The van der Waals surface area contributed by atoms with E-state index in [0.717, 1.165) is 11.3 Å². The lowest BCUT2D eigenvalue weighted by Crippen LogP contribution is -2.48. The Morgan fingerprint density at radius 1 is 1.62 bits per heavy atom. The fourth-order valence-corrected chi connectivity index (χ4v) is 4.87. The molecule has 1 rings (SSSR count). The molecular weight excluding hydrogens is 314 g/mol. The molecule has 0 amide bonds. The average Bonchev–Trinajstić information content (AvgIpc) is 2.64. The summed E-state index contributed by atoms with van der Waals surface area (Å²) in [5.41, 5.74) is -0.817. The van der Waals surface area contributed by atoms with Crippen molar-refractivity contribution in [3.8, 4) is 0 Å². The Bertz CT molecular complexity index is 451. The summed E-state index contributed by atoms with van der Waals surface area (Å²) in [6.45, 7) is 3.26. The highest BCUT2D eigenvalue weighted by molar-refractivity contribution is 9.10. The highest BCUT2D eigenvalue weighted by Gasteiger charge is 2.30. The number of aliphatic hydroxyl groups excluding tert-OH is 1. The normalized spacial score (nSPS) is 16.0. The predicted molar refractivity (Wildman–Crippen MR) is 68.1 cm³/mol. The van der Waals surface area contributed by atoms with Crippen molar-refractivity contribution >= 4 is 37.3 Å². The largest absolute Gasteiger partial charge is 0.394 e. The zero-order valence-electron chi connectivity index (χ0n) is 9.03. The Balaban J connectivity index is 3.02. The van der Waals surface area contributed by atoms with E-state index in [4.69, 9.17) is 0 Å². The van der Waals surface area contributed by atoms with Gasteiger partial charge in [0.05, 0.1) is 12.1 Å². The lowest BCUT2D eigenvalue weighted by Gasteiger charge is -2.26. The number of halogens is 1. The number of thiophene rings is 1. The molecule has 0 aliphatic rings. The minimum Gasteiger partial charge on any atom is -0.394 e. The maximum Gasteiger partial charge on any atom is 0.251 e. The van der Waals surface area contributed by atoms with Crippen LogP contribution in [0.1, 0.15) is 20.3 Å². The molecule has 4 nitrogen and oxygen atoms in total. The Hall–Kier alpha value is 0.0500. The number of hydrogen-bond donors (Lipinski definition) is 2. The molecule has 0 radical (unpaired) electrons. The van der Waals surface area contributed by atoms with Crippen LogP contribution in [0.25, 0.3) is 0 Å². The number of rotatable bonds is 5. The van der Waals surface area contributed by atoms with Gasteiger partial charge in [-0.25, -0.2) is 13.1 Å². The molecule has 0 bridgehead atoms. The summed E-state index contributed by atoms with van der Waals surface area (Å²) >= 11 is 4.32. The van der Waals surface area contributed by atoms with Crippen LogP contribution >= 0.6 is 27.3 Å². The zero-order chi connectivity index (χ0) is 12.4. The average molecular weight is 328 g/mol. The van der Waals surface area contributed by atoms with Gasteiger partial charge in [-0.2, -0.15) is 0 Å². The van der Waals surface area contributed by atoms with Crippen LogP contribution in [0.15, 0.2) is 20.1 Å². The minimum atomic E-state index is -3.57. The first-order valence-electron chi connectivity index (χ1n) is 4.72. The van der Waals surface area contributed by atoms with Crippen molar-refractivity contribution in [2.24, 2.45) is 0 Å². The monoisotopic (exact) mass is 327 g/mol. The van der Waals surface area contributed by atoms with Gasteiger partial charge in [0, 0.05) is 4.47 Å². The first kappa shape index (κ1) is 14.1. The van der Waals surface area contributed by atoms with Gasteiger partial charge in [-0.15, -0.1) is 11.3 Å². The molecular formula is C9H14BrNO3S2. The van der Waals surface area contributed by atoms with Gasteiger partial charge in [-0.1, -0.05) is 6.92 Å². The van der Waals surface area contributed by atoms with E-state index in [1.807, 2.05) is 6.92 Å². The Kier molecular flexibility index (Phi) is 4.53. The molecule has 2 N–H and O–H groups in total. The van der Waals surface area contributed by atoms with E-state index in [1.54, 1.807) is 18.4 Å². The van der Waals surface area contributed by atoms with Crippen LogP contribution in [0.3, 0.4) is 0 Å². The third-order valence-corrected chi connectivity index (χ3v) is 6.65. The first-order valence-corrected chi connectivity index (χ1v) is 7.88. The first-order chi connectivity index (χ1) is 7.34. The van der Waals surface area contributed by atoms with Gasteiger partial charge in [0.1, 0.15) is 4.21 Å². The third kappa shape index (κ3) is 3.04. The van der Waals surface area contributed by atoms with Crippen LogP contribution in [0.2, 0.25) is 0 Å². The summed E-state index contributed by atoms with van der Waals surface area (Å²) in [6, 6.07) is 1.68. The minimum absolute atomic E-state index is 0.230. The summed E-state index contributed by atoms with van der Waals surface area (Å²) in [5, 5.41) is 10.9. The molecule has 0 aromatic carbocycles. The van der Waals surface area contributed by atoms with E-state index < -0.39 is 15.6 Å². The topological polar surface area (TPSA) is 66.4 Å². The number of nitrogens with one attached hydrogen (secondary N) is 1. The molecule has 1 atom stereocenters. The fourth-order valence-electron chi connectivity index (χ4n) is 1.06. The lowest BCUT2D eigenvalue weighted by molar-refractivity contribution is 0.191. The van der Waals surface area contributed by atoms with Crippen LogP contribution in [-0.2, 0) is 10.0 Å². The van der Waals surface area contributed by atoms with Gasteiger partial charge in [0.2, 0.25) is 0 Å². The van der Waals surface area contributed by atoms with Crippen LogP contribution in [-0.4, -0.2) is 25.7 Å². The summed E-state index contributed by atoms with van der Waals surface area (Å²) in [7, 11) is -3.57. The number of sulfonamides is 1. The summed E-state index contributed by atoms with van der Waals surface area (Å²) in [4.78, 5) is 0. The van der Waals surface area contributed by atoms with Gasteiger partial charge in [-0.3, -0.25) is 0 Å². The standard InChI is InChI=1S/C9H14BrNO3S2/c1-3-9(2,6-12)11-16(13,14)8-7(10)4-5-15-8/h4-5,11-12H,3,6H2,1-2H3. The van der Waals surface area contributed by atoms with Crippen molar-refractivity contribution in [1.29, 1.82) is 0 Å². The van der Waals surface area contributed by atoms with Gasteiger partial charge in [0.25, 0.3) is 10.0 Å². The van der Waals surface area contributed by atoms with E-state index in [0.29, 0.717) is 10.9 Å². The number of hydrogen-bond acceptors (Lipinski definition) is 4. The van der Waals surface area contributed by atoms with E-state index in [9.17, 15) is 13.5 Å². The lowest BCUT2D eigenvalue weighted by atomic mass is 10.0. The fraction of sp³-hybridized carbons (Fsp3) is 0.556. The molecule has 0 spiro atoms. The van der Waals surface area contributed by atoms with Gasteiger partial charge >= 0.3 is 0 Å². The van der Waals surface area contributed by atoms with Gasteiger partial charge in [0.15, 0.2) is 0 Å². The molecule has 92 valence electrons. The van der Waals surface area contributed by atoms with Crippen molar-refractivity contribution in [2.45, 2.75) is 30.0 Å². The molecule has 0 aliphatic carbocycles. The quantitative estimate of drug-likeness (QED) is 0.868. The molecule has 1 aromatic rings. The molecule has 0 aliphatic heterocycles. The molecule has 1 heterocycles. The van der Waals surface area contributed by atoms with Gasteiger partial charge in [-0.05, 0) is 40.7 Å². The maximum absolute atomic E-state index is 12.0. The van der Waals surface area contributed by atoms with E-state index in [2.05, 4.69) is 20.7 Å². The molecule has 1 unspecified atom stereocenters. The van der Waals surface area contributed by atoms with Crippen molar-refractivity contribution < 1.29 is 13.5 Å². The second-order valence-electron chi connectivity index (χ2n) is 3.73. The van der Waals surface area contributed by atoms with Gasteiger partial charge < -0.3 is 5.11 Å². The SMILES string of the molecule is CCC(C)(CO)NS(=O)(=O)c1sccc1Br. The molecule has 1 aromatic heterocycles. The van der Waals surface area contributed by atoms with Crippen molar-refractivity contribution in [3.05, 3.63) is 15.9 Å².